The molecule has 6 heteroatoms. The minimum Gasteiger partial charge on any atom is -0.387 e. The maximum atomic E-state index is 10.7. The molecule has 0 radical (unpaired) electrons. The van der Waals surface area contributed by atoms with Crippen LogP contribution in [0.4, 0.5) is 0 Å². The molecule has 0 amide bonds. The third-order valence-corrected chi connectivity index (χ3v) is 5.55. The van der Waals surface area contributed by atoms with Crippen LogP contribution in [0.5, 0.6) is 0 Å². The van der Waals surface area contributed by atoms with Crippen LogP contribution in [0, 0.1) is 0 Å². The van der Waals surface area contributed by atoms with Gasteiger partial charge in [-0.15, -0.1) is 0 Å². The number of fused-ring (bicyclic) bond motifs is 2. The van der Waals surface area contributed by atoms with E-state index in [-0.39, 0.29) is 0 Å². The van der Waals surface area contributed by atoms with Gasteiger partial charge in [0.2, 0.25) is 0 Å². The topological polar surface area (TPSA) is 77.4 Å². The molecule has 1 saturated carbocycles. The highest BCUT2D eigenvalue weighted by Crippen LogP contribution is 2.47. The summed E-state index contributed by atoms with van der Waals surface area (Å²) >= 11 is 0. The molecule has 2 aliphatic heterocycles. The largest absolute Gasteiger partial charge is 0.387 e. The number of rotatable bonds is 4. The molecule has 2 N–H and O–H groups in total. The average molecular weight is 316 g/mol. The number of aliphatic hydroxyl groups is 2. The fourth-order valence-corrected chi connectivity index (χ4v) is 3.91. The van der Waals surface area contributed by atoms with E-state index in [2.05, 4.69) is 0 Å². The van der Waals surface area contributed by atoms with Gasteiger partial charge in [0.1, 0.15) is 36.6 Å². The summed E-state index contributed by atoms with van der Waals surface area (Å²) in [7, 11) is 0. The van der Waals surface area contributed by atoms with Gasteiger partial charge in [-0.25, -0.2) is 0 Å². The molecule has 6 nitrogen and oxygen atoms in total. The first-order chi connectivity index (χ1) is 10.4. The predicted octanol–water partition coefficient (Wildman–Crippen LogP) is 1.32. The Morgan fingerprint density at radius 3 is 1.00 bits per heavy atom. The van der Waals surface area contributed by atoms with Crippen molar-refractivity contribution in [1.82, 2.24) is 0 Å². The third-order valence-electron chi connectivity index (χ3n) is 5.55. The second-order valence-corrected chi connectivity index (χ2v) is 6.55. The molecular formula is C16H28O6. The van der Waals surface area contributed by atoms with E-state index >= 15 is 0 Å². The van der Waals surface area contributed by atoms with Crippen LogP contribution < -0.4 is 0 Å². The van der Waals surface area contributed by atoms with E-state index < -0.39 is 48.2 Å². The Kier molecular flexibility index (Phi) is 4.29. The fraction of sp³-hybridized carbons (Fsp3) is 1.00. The van der Waals surface area contributed by atoms with E-state index in [1.807, 2.05) is 27.7 Å². The lowest BCUT2D eigenvalue weighted by atomic mass is 9.85. The van der Waals surface area contributed by atoms with Crippen LogP contribution in [0.25, 0.3) is 0 Å². The molecule has 0 aromatic heterocycles. The summed E-state index contributed by atoms with van der Waals surface area (Å²) in [5, 5.41) is 21.4. The molecule has 3 aliphatic rings. The van der Waals surface area contributed by atoms with Crippen LogP contribution in [0.3, 0.4) is 0 Å². The molecule has 2 heterocycles. The summed E-state index contributed by atoms with van der Waals surface area (Å²) in [4.78, 5) is 0. The van der Waals surface area contributed by atoms with Gasteiger partial charge in [0, 0.05) is 0 Å². The summed E-state index contributed by atoms with van der Waals surface area (Å²) in [6.45, 7) is 7.92. The maximum absolute atomic E-state index is 10.7. The van der Waals surface area contributed by atoms with Gasteiger partial charge < -0.3 is 29.2 Å². The lowest BCUT2D eigenvalue weighted by Gasteiger charge is -2.38. The van der Waals surface area contributed by atoms with Gasteiger partial charge >= 0.3 is 0 Å². The Morgan fingerprint density at radius 2 is 0.818 bits per heavy atom. The van der Waals surface area contributed by atoms with Gasteiger partial charge in [-0.1, -0.05) is 27.7 Å². The summed E-state index contributed by atoms with van der Waals surface area (Å²) in [5.41, 5.74) is 0. The molecular weight excluding hydrogens is 288 g/mol. The SMILES string of the molecule is CCC1(CC)O[C@@H]2[C@@H](O)[C@@H]3OC(CC)(CC)O[C@H]3[C@H](O)[C@@H]2O1. The lowest BCUT2D eigenvalue weighted by Crippen LogP contribution is -2.61. The van der Waals surface area contributed by atoms with Crippen molar-refractivity contribution in [3.63, 3.8) is 0 Å². The first kappa shape index (κ1) is 16.6. The Hall–Kier alpha value is -0.240. The average Bonchev–Trinajstić information content (AvgIpc) is 3.13. The van der Waals surface area contributed by atoms with Crippen molar-refractivity contribution in [2.75, 3.05) is 0 Å². The van der Waals surface area contributed by atoms with Crippen LogP contribution in [0.15, 0.2) is 0 Å². The van der Waals surface area contributed by atoms with Gasteiger partial charge in [0.05, 0.1) is 0 Å². The zero-order chi connectivity index (χ0) is 16.1. The molecule has 6 atom stereocenters. The van der Waals surface area contributed by atoms with E-state index in [0.29, 0.717) is 25.7 Å². The first-order valence-electron chi connectivity index (χ1n) is 8.52. The Morgan fingerprint density at radius 1 is 0.591 bits per heavy atom. The van der Waals surface area contributed by atoms with Crippen molar-refractivity contribution in [3.05, 3.63) is 0 Å². The molecule has 0 spiro atoms. The Labute approximate surface area is 131 Å². The second-order valence-electron chi connectivity index (χ2n) is 6.55. The molecule has 128 valence electrons. The van der Waals surface area contributed by atoms with E-state index in [1.165, 1.54) is 0 Å². The number of aliphatic hydroxyl groups excluding tert-OH is 2. The van der Waals surface area contributed by atoms with E-state index in [4.69, 9.17) is 18.9 Å². The van der Waals surface area contributed by atoms with Crippen molar-refractivity contribution in [3.8, 4) is 0 Å². The second kappa shape index (κ2) is 5.69. The van der Waals surface area contributed by atoms with Gasteiger partial charge in [0.15, 0.2) is 11.6 Å². The monoisotopic (exact) mass is 316 g/mol. The van der Waals surface area contributed by atoms with Crippen LogP contribution in [0.2, 0.25) is 0 Å². The minimum atomic E-state index is -0.863. The van der Waals surface area contributed by atoms with E-state index in [9.17, 15) is 10.2 Å². The van der Waals surface area contributed by atoms with Crippen molar-refractivity contribution < 1.29 is 29.2 Å². The summed E-state index contributed by atoms with van der Waals surface area (Å²) < 4.78 is 24.0. The van der Waals surface area contributed by atoms with Crippen LogP contribution in [-0.2, 0) is 18.9 Å². The molecule has 0 aromatic carbocycles. The number of ether oxygens (including phenoxy) is 4. The normalized spacial score (nSPS) is 45.5. The highest BCUT2D eigenvalue weighted by Gasteiger charge is 2.64. The quantitative estimate of drug-likeness (QED) is 0.814. The molecule has 2 saturated heterocycles. The van der Waals surface area contributed by atoms with Gasteiger partial charge in [-0.3, -0.25) is 0 Å². The van der Waals surface area contributed by atoms with Crippen LogP contribution in [0.1, 0.15) is 53.4 Å². The zero-order valence-electron chi connectivity index (χ0n) is 13.8. The Bertz CT molecular complexity index is 339. The van der Waals surface area contributed by atoms with Crippen molar-refractivity contribution in [2.45, 2.75) is 102 Å². The summed E-state index contributed by atoms with van der Waals surface area (Å²) in [6, 6.07) is 0. The maximum Gasteiger partial charge on any atom is 0.169 e. The molecule has 3 fully saturated rings. The lowest BCUT2D eigenvalue weighted by molar-refractivity contribution is -0.211. The highest BCUT2D eigenvalue weighted by molar-refractivity contribution is 5.08. The highest BCUT2D eigenvalue weighted by atomic mass is 16.8. The molecule has 0 aromatic rings. The standard InChI is InChI=1S/C16H28O6/c1-5-15(6-2)19-11-9(17)13-14(10(18)12(11)20-15)22-16(7-3,8-4)21-13/h9-14,17-18H,5-8H2,1-4H3/t9-,10-,11-,12-,13-,14+/m0/s1. The fourth-order valence-electron chi connectivity index (χ4n) is 3.91. The van der Waals surface area contributed by atoms with E-state index in [0.717, 1.165) is 0 Å². The molecule has 22 heavy (non-hydrogen) atoms. The molecule has 0 bridgehead atoms. The van der Waals surface area contributed by atoms with Crippen molar-refractivity contribution in [1.29, 1.82) is 0 Å². The number of hydrogen-bond acceptors (Lipinski definition) is 6. The third kappa shape index (κ3) is 2.24. The van der Waals surface area contributed by atoms with Crippen LogP contribution in [-0.4, -0.2) is 58.4 Å². The predicted molar refractivity (Wildman–Crippen MR) is 78.1 cm³/mol. The summed E-state index contributed by atoms with van der Waals surface area (Å²) in [5.74, 6) is -1.47. The van der Waals surface area contributed by atoms with Crippen molar-refractivity contribution in [2.24, 2.45) is 0 Å². The van der Waals surface area contributed by atoms with Gasteiger partial charge in [-0.2, -0.15) is 0 Å². The number of hydrogen-bond donors (Lipinski definition) is 2. The molecule has 1 aliphatic carbocycles. The summed E-state index contributed by atoms with van der Waals surface area (Å²) in [6.07, 6.45) is -1.37. The van der Waals surface area contributed by atoms with Crippen molar-refractivity contribution >= 4 is 0 Å². The van der Waals surface area contributed by atoms with Crippen LogP contribution >= 0.6 is 0 Å². The first-order valence-corrected chi connectivity index (χ1v) is 8.52. The minimum absolute atomic E-state index is 0.579. The Balaban J connectivity index is 1.85. The molecule has 3 rings (SSSR count). The smallest absolute Gasteiger partial charge is 0.169 e. The van der Waals surface area contributed by atoms with E-state index in [1.54, 1.807) is 0 Å². The van der Waals surface area contributed by atoms with Gasteiger partial charge in [0.25, 0.3) is 0 Å². The zero-order valence-corrected chi connectivity index (χ0v) is 13.8. The molecule has 0 unspecified atom stereocenters. The van der Waals surface area contributed by atoms with Gasteiger partial charge in [-0.05, 0) is 25.7 Å².